The molecule has 7 nitrogen and oxygen atoms in total. The SMILES string of the molecule is CCN(CC)CCOc1ccc(CNC(=O)COc2ccc(OC)cc2)cc1OC. The third kappa shape index (κ3) is 7.48. The first-order chi connectivity index (χ1) is 14.6. The van der Waals surface area contributed by atoms with Gasteiger partial charge in [-0.1, -0.05) is 19.9 Å². The molecule has 1 N–H and O–H groups in total. The molecule has 164 valence electrons. The number of amides is 1. The van der Waals surface area contributed by atoms with Crippen molar-refractivity contribution < 1.29 is 23.7 Å². The Bertz CT molecular complexity index is 776. The molecule has 30 heavy (non-hydrogen) atoms. The number of likely N-dealkylation sites (N-methyl/N-ethyl adjacent to an activating group) is 1. The van der Waals surface area contributed by atoms with Gasteiger partial charge in [-0.3, -0.25) is 4.79 Å². The van der Waals surface area contributed by atoms with Crippen molar-refractivity contribution in [2.45, 2.75) is 20.4 Å². The maximum absolute atomic E-state index is 12.1. The third-order valence-electron chi connectivity index (χ3n) is 4.71. The largest absolute Gasteiger partial charge is 0.497 e. The van der Waals surface area contributed by atoms with Crippen LogP contribution in [0.1, 0.15) is 19.4 Å². The van der Waals surface area contributed by atoms with E-state index in [1.807, 2.05) is 18.2 Å². The fourth-order valence-corrected chi connectivity index (χ4v) is 2.84. The number of nitrogens with zero attached hydrogens (tertiary/aromatic N) is 1. The third-order valence-corrected chi connectivity index (χ3v) is 4.71. The van der Waals surface area contributed by atoms with Gasteiger partial charge in [0.15, 0.2) is 18.1 Å². The van der Waals surface area contributed by atoms with E-state index in [-0.39, 0.29) is 12.5 Å². The fraction of sp³-hybridized carbons (Fsp3) is 0.435. The summed E-state index contributed by atoms with van der Waals surface area (Å²) in [5.74, 6) is 2.49. The average Bonchev–Trinajstić information content (AvgIpc) is 2.79. The van der Waals surface area contributed by atoms with E-state index in [2.05, 4.69) is 24.1 Å². The molecule has 0 aliphatic rings. The Hall–Kier alpha value is -2.93. The van der Waals surface area contributed by atoms with E-state index < -0.39 is 0 Å². The Balaban J connectivity index is 1.80. The zero-order chi connectivity index (χ0) is 21.8. The number of ether oxygens (including phenoxy) is 4. The van der Waals surface area contributed by atoms with Crippen LogP contribution in [-0.2, 0) is 11.3 Å². The van der Waals surface area contributed by atoms with Crippen molar-refractivity contribution in [2.24, 2.45) is 0 Å². The number of hydrogen-bond donors (Lipinski definition) is 1. The second kappa shape index (κ2) is 12.6. The molecule has 0 bridgehead atoms. The maximum atomic E-state index is 12.1. The quantitative estimate of drug-likeness (QED) is 0.541. The maximum Gasteiger partial charge on any atom is 0.258 e. The van der Waals surface area contributed by atoms with Crippen LogP contribution < -0.4 is 24.3 Å². The van der Waals surface area contributed by atoms with Crippen LogP contribution in [-0.4, -0.2) is 57.9 Å². The Kier molecular flexibility index (Phi) is 9.80. The van der Waals surface area contributed by atoms with E-state index in [4.69, 9.17) is 18.9 Å². The normalized spacial score (nSPS) is 10.6. The predicted molar refractivity (Wildman–Crippen MR) is 117 cm³/mol. The Labute approximate surface area is 178 Å². The molecule has 0 unspecified atom stereocenters. The Morgan fingerprint density at radius 2 is 1.60 bits per heavy atom. The lowest BCUT2D eigenvalue weighted by Gasteiger charge is -2.19. The Morgan fingerprint density at radius 3 is 2.23 bits per heavy atom. The summed E-state index contributed by atoms with van der Waals surface area (Å²) < 4.78 is 21.9. The summed E-state index contributed by atoms with van der Waals surface area (Å²) in [5.41, 5.74) is 0.917. The van der Waals surface area contributed by atoms with E-state index in [0.717, 1.165) is 30.9 Å². The second-order valence-corrected chi connectivity index (χ2v) is 6.60. The van der Waals surface area contributed by atoms with Crippen LogP contribution in [0.15, 0.2) is 42.5 Å². The number of benzene rings is 2. The molecule has 0 atom stereocenters. The molecule has 2 rings (SSSR count). The van der Waals surface area contributed by atoms with Crippen LogP contribution in [0.4, 0.5) is 0 Å². The summed E-state index contributed by atoms with van der Waals surface area (Å²) >= 11 is 0. The molecule has 0 aromatic heterocycles. The van der Waals surface area contributed by atoms with Gasteiger partial charge in [0.1, 0.15) is 18.1 Å². The van der Waals surface area contributed by atoms with Gasteiger partial charge in [-0.25, -0.2) is 0 Å². The van der Waals surface area contributed by atoms with Gasteiger partial charge >= 0.3 is 0 Å². The van der Waals surface area contributed by atoms with Crippen molar-refractivity contribution in [1.82, 2.24) is 10.2 Å². The molecule has 7 heteroatoms. The molecule has 0 aliphatic carbocycles. The summed E-state index contributed by atoms with van der Waals surface area (Å²) in [5, 5.41) is 2.84. The smallest absolute Gasteiger partial charge is 0.258 e. The lowest BCUT2D eigenvalue weighted by Crippen LogP contribution is -2.28. The van der Waals surface area contributed by atoms with Crippen LogP contribution in [0.2, 0.25) is 0 Å². The van der Waals surface area contributed by atoms with Crippen molar-refractivity contribution in [2.75, 3.05) is 47.1 Å². The minimum Gasteiger partial charge on any atom is -0.497 e. The average molecular weight is 417 g/mol. The summed E-state index contributed by atoms with van der Waals surface area (Å²) in [6.07, 6.45) is 0. The Morgan fingerprint density at radius 1 is 0.900 bits per heavy atom. The highest BCUT2D eigenvalue weighted by Gasteiger charge is 2.09. The second-order valence-electron chi connectivity index (χ2n) is 6.60. The van der Waals surface area contributed by atoms with Gasteiger partial charge in [0, 0.05) is 13.1 Å². The summed E-state index contributed by atoms with van der Waals surface area (Å²) in [6.45, 7) is 8.04. The predicted octanol–water partition coefficient (Wildman–Crippen LogP) is 3.12. The van der Waals surface area contributed by atoms with Gasteiger partial charge in [0.05, 0.1) is 14.2 Å². The van der Waals surface area contributed by atoms with Crippen molar-refractivity contribution in [3.8, 4) is 23.0 Å². The molecule has 0 aliphatic heterocycles. The van der Waals surface area contributed by atoms with Crippen LogP contribution in [0.5, 0.6) is 23.0 Å². The topological polar surface area (TPSA) is 69.3 Å². The lowest BCUT2D eigenvalue weighted by molar-refractivity contribution is -0.123. The van der Waals surface area contributed by atoms with Gasteiger partial charge in [-0.2, -0.15) is 0 Å². The van der Waals surface area contributed by atoms with Gasteiger partial charge in [0.2, 0.25) is 0 Å². The highest BCUT2D eigenvalue weighted by atomic mass is 16.5. The molecule has 0 radical (unpaired) electrons. The molecule has 0 spiro atoms. The minimum absolute atomic E-state index is 0.0595. The molecule has 0 saturated carbocycles. The standard InChI is InChI=1S/C23H32N2O5/c1-5-25(6-2)13-14-29-21-12-7-18(15-22(21)28-4)16-24-23(26)17-30-20-10-8-19(27-3)9-11-20/h7-12,15H,5-6,13-14,16-17H2,1-4H3,(H,24,26). The first-order valence-electron chi connectivity index (χ1n) is 10.1. The number of rotatable bonds is 13. The highest BCUT2D eigenvalue weighted by Crippen LogP contribution is 2.28. The minimum atomic E-state index is -0.204. The summed E-state index contributed by atoms with van der Waals surface area (Å²) in [7, 11) is 3.21. The van der Waals surface area contributed by atoms with E-state index in [9.17, 15) is 4.79 Å². The van der Waals surface area contributed by atoms with Gasteiger partial charge in [-0.05, 0) is 55.1 Å². The number of carbonyl (C=O) groups is 1. The molecular weight excluding hydrogens is 384 g/mol. The molecule has 2 aromatic rings. The van der Waals surface area contributed by atoms with E-state index >= 15 is 0 Å². The van der Waals surface area contributed by atoms with Crippen LogP contribution >= 0.6 is 0 Å². The van der Waals surface area contributed by atoms with Crippen LogP contribution in [0.25, 0.3) is 0 Å². The van der Waals surface area contributed by atoms with Gasteiger partial charge in [0.25, 0.3) is 5.91 Å². The summed E-state index contributed by atoms with van der Waals surface area (Å²) in [4.78, 5) is 14.4. The number of nitrogens with one attached hydrogen (secondary N) is 1. The highest BCUT2D eigenvalue weighted by molar-refractivity contribution is 5.77. The molecule has 0 saturated heterocycles. The monoisotopic (exact) mass is 416 g/mol. The number of methoxy groups -OCH3 is 2. The summed E-state index contributed by atoms with van der Waals surface area (Å²) in [6, 6.07) is 12.7. The van der Waals surface area contributed by atoms with Crippen molar-refractivity contribution in [3.63, 3.8) is 0 Å². The molecule has 0 fully saturated rings. The number of hydrogen-bond acceptors (Lipinski definition) is 6. The molecule has 1 amide bonds. The van der Waals surface area contributed by atoms with Crippen molar-refractivity contribution >= 4 is 5.91 Å². The fourth-order valence-electron chi connectivity index (χ4n) is 2.84. The number of carbonyl (C=O) groups excluding carboxylic acids is 1. The van der Waals surface area contributed by atoms with Crippen molar-refractivity contribution in [3.05, 3.63) is 48.0 Å². The van der Waals surface area contributed by atoms with E-state index in [0.29, 0.717) is 30.4 Å². The van der Waals surface area contributed by atoms with Crippen LogP contribution in [0.3, 0.4) is 0 Å². The van der Waals surface area contributed by atoms with Crippen LogP contribution in [0, 0.1) is 0 Å². The first-order valence-corrected chi connectivity index (χ1v) is 10.1. The van der Waals surface area contributed by atoms with Gasteiger partial charge < -0.3 is 29.2 Å². The molecule has 2 aromatic carbocycles. The lowest BCUT2D eigenvalue weighted by atomic mass is 10.2. The van der Waals surface area contributed by atoms with E-state index in [1.54, 1.807) is 38.5 Å². The van der Waals surface area contributed by atoms with E-state index in [1.165, 1.54) is 0 Å². The zero-order valence-corrected chi connectivity index (χ0v) is 18.3. The van der Waals surface area contributed by atoms with Crippen molar-refractivity contribution in [1.29, 1.82) is 0 Å². The molecular formula is C23H32N2O5. The zero-order valence-electron chi connectivity index (χ0n) is 18.3. The molecule has 0 heterocycles. The first kappa shape index (κ1) is 23.3. The van der Waals surface area contributed by atoms with Gasteiger partial charge in [-0.15, -0.1) is 0 Å².